The average Bonchev–Trinajstić information content (AvgIpc) is 2.29. The van der Waals surface area contributed by atoms with Crippen molar-refractivity contribution < 1.29 is 14.3 Å². The van der Waals surface area contributed by atoms with Gasteiger partial charge in [0.15, 0.2) is 0 Å². The second-order valence-corrected chi connectivity index (χ2v) is 5.09. The number of carbonyl (C=O) groups excluding carboxylic acids is 2. The van der Waals surface area contributed by atoms with Crippen molar-refractivity contribution >= 4 is 11.9 Å². The minimum atomic E-state index is -0.331. The van der Waals surface area contributed by atoms with Gasteiger partial charge in [-0.2, -0.15) is 0 Å². The van der Waals surface area contributed by atoms with E-state index in [0.29, 0.717) is 6.61 Å². The zero-order chi connectivity index (χ0) is 12.9. The number of likely N-dealkylation sites (N-methyl/N-ethyl adjacent to an activating group) is 1. The van der Waals surface area contributed by atoms with E-state index in [1.807, 2.05) is 6.92 Å². The third-order valence-electron chi connectivity index (χ3n) is 3.49. The fourth-order valence-corrected chi connectivity index (χ4v) is 2.48. The highest BCUT2D eigenvalue weighted by Crippen LogP contribution is 2.37. The van der Waals surface area contributed by atoms with E-state index in [1.54, 1.807) is 14.0 Å². The van der Waals surface area contributed by atoms with Gasteiger partial charge in [-0.1, -0.05) is 26.2 Å². The first-order valence-corrected chi connectivity index (χ1v) is 6.41. The number of hydrogen-bond acceptors (Lipinski definition) is 3. The van der Waals surface area contributed by atoms with Gasteiger partial charge >= 0.3 is 5.97 Å². The van der Waals surface area contributed by atoms with Gasteiger partial charge in [-0.3, -0.25) is 9.59 Å². The van der Waals surface area contributed by atoms with E-state index in [9.17, 15) is 9.59 Å². The lowest BCUT2D eigenvalue weighted by atomic mass is 9.75. The number of hydrogen-bond donors (Lipinski definition) is 0. The Balaban J connectivity index is 2.53. The molecule has 0 aromatic carbocycles. The summed E-state index contributed by atoms with van der Waals surface area (Å²) in [6.07, 6.45) is 5.29. The molecule has 0 N–H and O–H groups in total. The molecule has 1 saturated carbocycles. The van der Waals surface area contributed by atoms with Crippen LogP contribution in [0.1, 0.15) is 46.0 Å². The zero-order valence-electron chi connectivity index (χ0n) is 11.1. The van der Waals surface area contributed by atoms with E-state index in [4.69, 9.17) is 4.74 Å². The van der Waals surface area contributed by atoms with Gasteiger partial charge in [-0.15, -0.1) is 0 Å². The first-order chi connectivity index (χ1) is 7.99. The summed E-state index contributed by atoms with van der Waals surface area (Å²) >= 11 is 0. The lowest BCUT2D eigenvalue weighted by Crippen LogP contribution is -2.43. The fraction of sp³-hybridized carbons (Fsp3) is 0.846. The minimum Gasteiger partial charge on any atom is -0.465 e. The van der Waals surface area contributed by atoms with Crippen LogP contribution in [0.25, 0.3) is 0 Å². The number of ether oxygens (including phenoxy) is 1. The summed E-state index contributed by atoms with van der Waals surface area (Å²) in [6.45, 7) is 4.19. The fourth-order valence-electron chi connectivity index (χ4n) is 2.48. The number of esters is 1. The molecule has 1 rings (SSSR count). The Kier molecular flexibility index (Phi) is 4.97. The molecule has 0 unspecified atom stereocenters. The number of carbonyl (C=O) groups is 2. The monoisotopic (exact) mass is 241 g/mol. The quantitative estimate of drug-likeness (QED) is 0.707. The Bertz CT molecular complexity index is 282. The molecule has 17 heavy (non-hydrogen) atoms. The minimum absolute atomic E-state index is 0.0578. The van der Waals surface area contributed by atoms with Crippen LogP contribution in [0.2, 0.25) is 0 Å². The molecule has 1 fully saturated rings. The largest absolute Gasteiger partial charge is 0.465 e. The van der Waals surface area contributed by atoms with Crippen LogP contribution in [-0.4, -0.2) is 37.0 Å². The van der Waals surface area contributed by atoms with Gasteiger partial charge in [0.1, 0.15) is 6.54 Å². The van der Waals surface area contributed by atoms with Crippen molar-refractivity contribution in [1.82, 2.24) is 4.90 Å². The van der Waals surface area contributed by atoms with Gasteiger partial charge in [-0.25, -0.2) is 0 Å². The number of rotatable bonds is 4. The Morgan fingerprint density at radius 1 is 1.24 bits per heavy atom. The Labute approximate surface area is 103 Å². The highest BCUT2D eigenvalue weighted by atomic mass is 16.5. The molecular formula is C13H23NO3. The van der Waals surface area contributed by atoms with Crippen LogP contribution in [0.5, 0.6) is 0 Å². The first kappa shape index (κ1) is 14.0. The molecule has 4 heteroatoms. The molecule has 1 amide bonds. The Morgan fingerprint density at radius 3 is 2.35 bits per heavy atom. The summed E-state index contributed by atoms with van der Waals surface area (Å²) in [5.41, 5.74) is -0.278. The highest BCUT2D eigenvalue weighted by molar-refractivity contribution is 5.85. The molecule has 0 aromatic heterocycles. The summed E-state index contributed by atoms with van der Waals surface area (Å²) in [7, 11) is 1.68. The average molecular weight is 241 g/mol. The van der Waals surface area contributed by atoms with Gasteiger partial charge in [0, 0.05) is 12.5 Å². The lowest BCUT2D eigenvalue weighted by molar-refractivity contribution is -0.152. The lowest BCUT2D eigenvalue weighted by Gasteiger charge is -2.35. The summed E-state index contributed by atoms with van der Waals surface area (Å²) in [4.78, 5) is 25.1. The van der Waals surface area contributed by atoms with Crippen LogP contribution in [-0.2, 0) is 14.3 Å². The maximum atomic E-state index is 12.3. The van der Waals surface area contributed by atoms with Crippen LogP contribution in [0.4, 0.5) is 0 Å². The van der Waals surface area contributed by atoms with Crippen LogP contribution in [0.15, 0.2) is 0 Å². The molecule has 0 atom stereocenters. The van der Waals surface area contributed by atoms with Crippen LogP contribution < -0.4 is 0 Å². The SMILES string of the molecule is CCOC(=O)CN(C)C(=O)C1(C)CCCCC1. The molecule has 4 nitrogen and oxygen atoms in total. The van der Waals surface area contributed by atoms with E-state index >= 15 is 0 Å². The smallest absolute Gasteiger partial charge is 0.325 e. The molecule has 0 heterocycles. The Hall–Kier alpha value is -1.06. The molecule has 0 bridgehead atoms. The van der Waals surface area contributed by atoms with Crippen LogP contribution >= 0.6 is 0 Å². The van der Waals surface area contributed by atoms with E-state index in [0.717, 1.165) is 25.7 Å². The molecule has 1 aliphatic carbocycles. The summed E-state index contributed by atoms with van der Waals surface area (Å²) < 4.78 is 4.85. The molecule has 1 aliphatic rings. The second-order valence-electron chi connectivity index (χ2n) is 5.09. The predicted octanol–water partition coefficient (Wildman–Crippen LogP) is 1.98. The predicted molar refractivity (Wildman–Crippen MR) is 65.5 cm³/mol. The summed E-state index contributed by atoms with van der Waals surface area (Å²) in [5.74, 6) is -0.256. The third kappa shape index (κ3) is 3.72. The van der Waals surface area contributed by atoms with E-state index in [2.05, 4.69) is 0 Å². The highest BCUT2D eigenvalue weighted by Gasteiger charge is 2.36. The molecule has 0 saturated heterocycles. The molecule has 0 spiro atoms. The Morgan fingerprint density at radius 2 is 1.82 bits per heavy atom. The summed E-state index contributed by atoms with van der Waals surface area (Å²) in [5, 5.41) is 0. The molecule has 0 aliphatic heterocycles. The maximum Gasteiger partial charge on any atom is 0.325 e. The van der Waals surface area contributed by atoms with E-state index < -0.39 is 0 Å². The van der Waals surface area contributed by atoms with Gasteiger partial charge in [0.25, 0.3) is 0 Å². The molecule has 0 aromatic rings. The second kappa shape index (κ2) is 6.03. The number of nitrogens with zero attached hydrogens (tertiary/aromatic N) is 1. The molecule has 0 radical (unpaired) electrons. The van der Waals surface area contributed by atoms with Gasteiger partial charge in [0.05, 0.1) is 6.61 Å². The first-order valence-electron chi connectivity index (χ1n) is 6.41. The van der Waals surface area contributed by atoms with Crippen molar-refractivity contribution in [1.29, 1.82) is 0 Å². The van der Waals surface area contributed by atoms with Crippen molar-refractivity contribution in [3.63, 3.8) is 0 Å². The van der Waals surface area contributed by atoms with Crippen molar-refractivity contribution in [3.8, 4) is 0 Å². The molecule has 98 valence electrons. The van der Waals surface area contributed by atoms with E-state index in [1.165, 1.54) is 11.3 Å². The van der Waals surface area contributed by atoms with Crippen molar-refractivity contribution in [2.24, 2.45) is 5.41 Å². The topological polar surface area (TPSA) is 46.6 Å². The zero-order valence-corrected chi connectivity index (χ0v) is 11.1. The molecular weight excluding hydrogens is 218 g/mol. The van der Waals surface area contributed by atoms with Gasteiger partial charge in [0.2, 0.25) is 5.91 Å². The normalized spacial score (nSPS) is 18.5. The summed E-state index contributed by atoms with van der Waals surface area (Å²) in [6, 6.07) is 0. The third-order valence-corrected chi connectivity index (χ3v) is 3.49. The standard InChI is InChI=1S/C13H23NO3/c1-4-17-11(15)10-14(3)12(16)13(2)8-6-5-7-9-13/h4-10H2,1-3H3. The van der Waals surface area contributed by atoms with Crippen molar-refractivity contribution in [2.75, 3.05) is 20.2 Å². The van der Waals surface area contributed by atoms with Gasteiger partial charge in [-0.05, 0) is 19.8 Å². The maximum absolute atomic E-state index is 12.3. The van der Waals surface area contributed by atoms with Gasteiger partial charge < -0.3 is 9.64 Å². The van der Waals surface area contributed by atoms with Crippen molar-refractivity contribution in [2.45, 2.75) is 46.0 Å². The van der Waals surface area contributed by atoms with Crippen LogP contribution in [0, 0.1) is 5.41 Å². The van der Waals surface area contributed by atoms with E-state index in [-0.39, 0.29) is 23.8 Å². The van der Waals surface area contributed by atoms with Crippen LogP contribution in [0.3, 0.4) is 0 Å². The van der Waals surface area contributed by atoms with Crippen molar-refractivity contribution in [3.05, 3.63) is 0 Å². The number of amides is 1.